The number of benzene rings is 6. The summed E-state index contributed by atoms with van der Waals surface area (Å²) >= 11 is 0. The molecule has 6 nitrogen and oxygen atoms in total. The van der Waals surface area contributed by atoms with E-state index in [0.717, 1.165) is 72.5 Å². The molecule has 0 unspecified atom stereocenters. The van der Waals surface area contributed by atoms with Gasteiger partial charge >= 0.3 is 0 Å². The molecule has 6 heteroatoms. The van der Waals surface area contributed by atoms with E-state index in [1.165, 1.54) is 21.9 Å². The molecule has 0 spiro atoms. The molecule has 0 aliphatic carbocycles. The van der Waals surface area contributed by atoms with Gasteiger partial charge in [-0.3, -0.25) is 4.57 Å². The molecule has 232 valence electrons. The molecule has 0 aliphatic heterocycles. The second-order valence-corrected chi connectivity index (χ2v) is 12.7. The van der Waals surface area contributed by atoms with Crippen LogP contribution in [0.5, 0.6) is 0 Å². The fourth-order valence-corrected chi connectivity index (χ4v) is 7.43. The molecular weight excluding hydrogens is 601 g/mol. The van der Waals surface area contributed by atoms with E-state index in [1.807, 2.05) is 18.3 Å². The highest BCUT2D eigenvalue weighted by Gasteiger charge is 2.18. The smallest absolute Gasteiger partial charge is 0.145 e. The first-order valence-corrected chi connectivity index (χ1v) is 16.5. The van der Waals surface area contributed by atoms with Crippen LogP contribution in [-0.2, 0) is 14.1 Å². The molecule has 10 rings (SSSR count). The lowest BCUT2D eigenvalue weighted by Gasteiger charge is -2.11. The van der Waals surface area contributed by atoms with Crippen molar-refractivity contribution in [2.75, 3.05) is 0 Å². The monoisotopic (exact) mass is 630 g/mol. The minimum atomic E-state index is 0.918. The molecule has 6 aromatic carbocycles. The van der Waals surface area contributed by atoms with E-state index >= 15 is 0 Å². The van der Waals surface area contributed by atoms with Crippen LogP contribution in [0.4, 0.5) is 0 Å². The SMILES string of the molecule is Cn1c(-c2cccc(-n3c4cc(-c5nc6ccc(-c7ccc8ccccc8c7)cc6n5C)ccc4c4cccnc43)c2)nc2ccccc21. The van der Waals surface area contributed by atoms with E-state index < -0.39 is 0 Å². The van der Waals surface area contributed by atoms with Gasteiger partial charge in [-0.2, -0.15) is 0 Å². The quantitative estimate of drug-likeness (QED) is 0.194. The Morgan fingerprint density at radius 3 is 2.02 bits per heavy atom. The van der Waals surface area contributed by atoms with Gasteiger partial charge < -0.3 is 9.13 Å². The van der Waals surface area contributed by atoms with Crippen molar-refractivity contribution in [2.24, 2.45) is 14.1 Å². The summed E-state index contributed by atoms with van der Waals surface area (Å²) in [6, 6.07) is 49.4. The molecule has 0 saturated heterocycles. The van der Waals surface area contributed by atoms with Gasteiger partial charge in [-0.1, -0.05) is 78.9 Å². The minimum Gasteiger partial charge on any atom is -0.327 e. The van der Waals surface area contributed by atoms with Crippen molar-refractivity contribution in [1.29, 1.82) is 0 Å². The van der Waals surface area contributed by atoms with Crippen molar-refractivity contribution in [3.63, 3.8) is 0 Å². The highest BCUT2D eigenvalue weighted by atomic mass is 15.1. The van der Waals surface area contributed by atoms with Crippen molar-refractivity contribution in [2.45, 2.75) is 0 Å². The van der Waals surface area contributed by atoms with Crippen molar-refractivity contribution in [3.05, 3.63) is 146 Å². The summed E-state index contributed by atoms with van der Waals surface area (Å²) in [7, 11) is 4.18. The molecule has 0 bridgehead atoms. The standard InChI is InChI=1S/C43H30N6/c1-47-38-15-6-5-14-36(38)45-41(47)31-11-7-12-33(24-31)49-39-26-32(18-20-34(39)35-13-8-22-44-43(35)49)42-46-37-21-19-30(25-40(37)48(42)2)29-17-16-27-9-3-4-10-28(27)23-29/h3-26H,1-2H3. The van der Waals surface area contributed by atoms with E-state index in [2.05, 4.69) is 155 Å². The van der Waals surface area contributed by atoms with Crippen molar-refractivity contribution in [1.82, 2.24) is 28.7 Å². The number of aromatic nitrogens is 6. The highest BCUT2D eigenvalue weighted by molar-refractivity contribution is 6.09. The zero-order valence-electron chi connectivity index (χ0n) is 27.0. The second-order valence-electron chi connectivity index (χ2n) is 12.7. The number of para-hydroxylation sites is 2. The maximum absolute atomic E-state index is 5.14. The highest BCUT2D eigenvalue weighted by Crippen LogP contribution is 2.36. The number of fused-ring (bicyclic) bond motifs is 6. The van der Waals surface area contributed by atoms with Crippen LogP contribution in [0.2, 0.25) is 0 Å². The topological polar surface area (TPSA) is 53.5 Å². The van der Waals surface area contributed by atoms with Gasteiger partial charge in [0.05, 0.1) is 27.6 Å². The first-order chi connectivity index (χ1) is 24.1. The van der Waals surface area contributed by atoms with Crippen LogP contribution in [0.25, 0.3) is 94.4 Å². The molecule has 0 saturated carbocycles. The van der Waals surface area contributed by atoms with Gasteiger partial charge in [-0.05, 0) is 82.6 Å². The molecule has 0 N–H and O–H groups in total. The van der Waals surface area contributed by atoms with Gasteiger partial charge in [-0.15, -0.1) is 0 Å². The number of pyridine rings is 1. The Bertz CT molecular complexity index is 2920. The Kier molecular flexibility index (Phi) is 5.90. The van der Waals surface area contributed by atoms with Crippen LogP contribution in [-0.4, -0.2) is 28.7 Å². The van der Waals surface area contributed by atoms with Crippen LogP contribution in [0.15, 0.2) is 146 Å². The van der Waals surface area contributed by atoms with Crippen LogP contribution < -0.4 is 0 Å². The molecule has 0 atom stereocenters. The summed E-state index contributed by atoms with van der Waals surface area (Å²) in [5.41, 5.74) is 11.7. The Morgan fingerprint density at radius 1 is 0.449 bits per heavy atom. The lowest BCUT2D eigenvalue weighted by molar-refractivity contribution is 0.958. The minimum absolute atomic E-state index is 0.918. The Balaban J connectivity index is 1.12. The van der Waals surface area contributed by atoms with E-state index in [0.29, 0.717) is 0 Å². The number of aryl methyl sites for hydroxylation is 2. The number of hydrogen-bond acceptors (Lipinski definition) is 3. The summed E-state index contributed by atoms with van der Waals surface area (Å²) in [5.74, 6) is 1.85. The molecule has 0 amide bonds. The molecule has 49 heavy (non-hydrogen) atoms. The Labute approximate surface area is 282 Å². The average molecular weight is 631 g/mol. The Morgan fingerprint density at radius 2 is 1.14 bits per heavy atom. The third-order valence-corrected chi connectivity index (χ3v) is 9.90. The summed E-state index contributed by atoms with van der Waals surface area (Å²) in [5, 5.41) is 4.75. The summed E-state index contributed by atoms with van der Waals surface area (Å²) < 4.78 is 6.63. The largest absolute Gasteiger partial charge is 0.327 e. The van der Waals surface area contributed by atoms with Gasteiger partial charge in [0.25, 0.3) is 0 Å². The number of nitrogens with zero attached hydrogens (tertiary/aromatic N) is 6. The van der Waals surface area contributed by atoms with Crippen LogP contribution in [0.3, 0.4) is 0 Å². The fraction of sp³-hybridized carbons (Fsp3) is 0.0465. The summed E-state index contributed by atoms with van der Waals surface area (Å²) in [6.45, 7) is 0. The number of rotatable bonds is 4. The van der Waals surface area contributed by atoms with Crippen molar-refractivity contribution < 1.29 is 0 Å². The molecule has 4 aromatic heterocycles. The molecule has 0 aliphatic rings. The van der Waals surface area contributed by atoms with Gasteiger partial charge in [0.2, 0.25) is 0 Å². The van der Waals surface area contributed by atoms with Gasteiger partial charge in [0.15, 0.2) is 0 Å². The van der Waals surface area contributed by atoms with E-state index in [1.54, 1.807) is 0 Å². The zero-order chi connectivity index (χ0) is 32.6. The van der Waals surface area contributed by atoms with E-state index in [4.69, 9.17) is 15.0 Å². The predicted octanol–water partition coefficient (Wildman–Crippen LogP) is 10.1. The van der Waals surface area contributed by atoms with Crippen LogP contribution >= 0.6 is 0 Å². The third-order valence-electron chi connectivity index (χ3n) is 9.90. The summed E-state index contributed by atoms with van der Waals surface area (Å²) in [4.78, 5) is 15.0. The van der Waals surface area contributed by atoms with Crippen LogP contribution in [0.1, 0.15) is 0 Å². The predicted molar refractivity (Wildman–Crippen MR) is 201 cm³/mol. The number of imidazole rings is 2. The third kappa shape index (κ3) is 4.24. The maximum Gasteiger partial charge on any atom is 0.145 e. The van der Waals surface area contributed by atoms with E-state index in [-0.39, 0.29) is 0 Å². The summed E-state index contributed by atoms with van der Waals surface area (Å²) in [6.07, 6.45) is 1.87. The first kappa shape index (κ1) is 27.6. The van der Waals surface area contributed by atoms with Gasteiger partial charge in [-0.25, -0.2) is 15.0 Å². The van der Waals surface area contributed by atoms with Gasteiger partial charge in [0.1, 0.15) is 17.3 Å². The van der Waals surface area contributed by atoms with Gasteiger partial charge in [0, 0.05) is 47.9 Å². The lowest BCUT2D eigenvalue weighted by Crippen LogP contribution is -1.98. The average Bonchev–Trinajstić information content (AvgIpc) is 3.79. The molecular formula is C43H30N6. The second kappa shape index (κ2) is 10.5. The van der Waals surface area contributed by atoms with E-state index in [9.17, 15) is 0 Å². The maximum atomic E-state index is 5.14. The molecule has 0 fully saturated rings. The zero-order valence-corrected chi connectivity index (χ0v) is 27.0. The van der Waals surface area contributed by atoms with Crippen LogP contribution in [0, 0.1) is 0 Å². The Hall–Kier alpha value is -6.53. The number of hydrogen-bond donors (Lipinski definition) is 0. The molecule has 4 heterocycles. The first-order valence-electron chi connectivity index (χ1n) is 16.5. The molecule has 0 radical (unpaired) electrons. The van der Waals surface area contributed by atoms with Crippen molar-refractivity contribution in [3.8, 4) is 39.6 Å². The molecule has 10 aromatic rings. The normalized spacial score (nSPS) is 11.9. The fourth-order valence-electron chi connectivity index (χ4n) is 7.43. The lowest BCUT2D eigenvalue weighted by atomic mass is 10.0. The van der Waals surface area contributed by atoms with Crippen molar-refractivity contribution >= 4 is 54.8 Å².